The van der Waals surface area contributed by atoms with E-state index in [1.54, 1.807) is 0 Å². The van der Waals surface area contributed by atoms with Crippen LogP contribution in [0.4, 0.5) is 11.4 Å². The Morgan fingerprint density at radius 1 is 1.52 bits per heavy atom. The van der Waals surface area contributed by atoms with E-state index in [1.165, 1.54) is 18.2 Å². The van der Waals surface area contributed by atoms with Crippen LogP contribution in [0.2, 0.25) is 0 Å². The first-order valence-corrected chi connectivity index (χ1v) is 6.72. The minimum atomic E-state index is -0.583. The van der Waals surface area contributed by atoms with Crippen LogP contribution in [-0.4, -0.2) is 29.6 Å². The molecule has 1 amide bonds. The fourth-order valence-electron chi connectivity index (χ4n) is 2.27. The summed E-state index contributed by atoms with van der Waals surface area (Å²) in [5, 5.41) is 13.8. The molecule has 21 heavy (non-hydrogen) atoms. The van der Waals surface area contributed by atoms with Crippen LogP contribution >= 0.6 is 0 Å². The summed E-state index contributed by atoms with van der Waals surface area (Å²) < 4.78 is 5.41. The van der Waals surface area contributed by atoms with Crippen LogP contribution in [0.5, 0.6) is 0 Å². The van der Waals surface area contributed by atoms with Crippen molar-refractivity contribution in [1.29, 1.82) is 0 Å². The lowest BCUT2D eigenvalue weighted by Crippen LogP contribution is -2.47. The Labute approximate surface area is 121 Å². The van der Waals surface area contributed by atoms with E-state index in [0.29, 0.717) is 6.61 Å². The average Bonchev–Trinajstić information content (AvgIpc) is 2.44. The highest BCUT2D eigenvalue weighted by Gasteiger charge is 2.31. The molecule has 0 aliphatic heterocycles. The van der Waals surface area contributed by atoms with Gasteiger partial charge >= 0.3 is 0 Å². The van der Waals surface area contributed by atoms with E-state index >= 15 is 0 Å². The number of hydrogen-bond donors (Lipinski definition) is 3. The molecule has 2 rings (SSSR count). The fraction of sp³-hybridized carbons (Fsp3) is 0.462. The molecule has 0 radical (unpaired) electrons. The average molecular weight is 294 g/mol. The first kappa shape index (κ1) is 15.2. The highest BCUT2D eigenvalue weighted by atomic mass is 16.6. The fourth-order valence-corrected chi connectivity index (χ4v) is 2.27. The quantitative estimate of drug-likeness (QED) is 0.411. The molecule has 1 aromatic carbocycles. The van der Waals surface area contributed by atoms with Gasteiger partial charge in [0, 0.05) is 24.3 Å². The number of hydrogen-bond acceptors (Lipinski definition) is 6. The number of benzene rings is 1. The van der Waals surface area contributed by atoms with Gasteiger partial charge in [0.2, 0.25) is 0 Å². The van der Waals surface area contributed by atoms with Crippen LogP contribution in [0.3, 0.4) is 0 Å². The van der Waals surface area contributed by atoms with E-state index < -0.39 is 4.92 Å². The van der Waals surface area contributed by atoms with E-state index in [9.17, 15) is 14.9 Å². The van der Waals surface area contributed by atoms with Crippen molar-refractivity contribution in [3.05, 3.63) is 33.9 Å². The van der Waals surface area contributed by atoms with Gasteiger partial charge in [0.05, 0.1) is 11.0 Å². The Balaban J connectivity index is 2.00. The molecule has 0 aromatic heterocycles. The van der Waals surface area contributed by atoms with Gasteiger partial charge < -0.3 is 15.5 Å². The Morgan fingerprint density at radius 2 is 2.24 bits per heavy atom. The van der Waals surface area contributed by atoms with Crippen LogP contribution in [0, 0.1) is 10.1 Å². The Morgan fingerprint density at radius 3 is 2.81 bits per heavy atom. The highest BCUT2D eigenvalue weighted by molar-refractivity contribution is 5.96. The van der Waals surface area contributed by atoms with Crippen molar-refractivity contribution < 1.29 is 14.5 Å². The van der Waals surface area contributed by atoms with Crippen molar-refractivity contribution in [2.24, 2.45) is 5.84 Å². The van der Waals surface area contributed by atoms with Gasteiger partial charge in [-0.2, -0.15) is 0 Å². The molecule has 1 saturated carbocycles. The van der Waals surface area contributed by atoms with Crippen molar-refractivity contribution >= 4 is 17.3 Å². The monoisotopic (exact) mass is 294 g/mol. The van der Waals surface area contributed by atoms with Gasteiger partial charge in [-0.1, -0.05) is 0 Å². The summed E-state index contributed by atoms with van der Waals surface area (Å²) in [6.07, 6.45) is 1.73. The number of carbonyl (C=O) groups excluding carboxylic acids is 1. The van der Waals surface area contributed by atoms with E-state index in [1.807, 2.05) is 6.92 Å². The number of nitrogens with zero attached hydrogens (tertiary/aromatic N) is 1. The van der Waals surface area contributed by atoms with Gasteiger partial charge in [-0.05, 0) is 31.9 Å². The molecule has 8 heteroatoms. The molecule has 4 N–H and O–H groups in total. The lowest BCUT2D eigenvalue weighted by molar-refractivity contribution is -0.384. The zero-order valence-electron chi connectivity index (χ0n) is 11.7. The maximum Gasteiger partial charge on any atom is 0.294 e. The van der Waals surface area contributed by atoms with E-state index in [0.717, 1.165) is 12.8 Å². The van der Waals surface area contributed by atoms with Crippen LogP contribution in [-0.2, 0) is 4.74 Å². The SMILES string of the molecule is CCOC1CC(NC(=O)c2ccc(NN)c([N+](=O)[O-])c2)C1. The number of amides is 1. The summed E-state index contributed by atoms with van der Waals surface area (Å²) in [5.74, 6) is 4.87. The maximum atomic E-state index is 12.1. The largest absolute Gasteiger partial charge is 0.378 e. The second-order valence-electron chi connectivity index (χ2n) is 4.85. The molecule has 0 atom stereocenters. The summed E-state index contributed by atoms with van der Waals surface area (Å²) >= 11 is 0. The van der Waals surface area contributed by atoms with Crippen molar-refractivity contribution in [3.8, 4) is 0 Å². The summed E-state index contributed by atoms with van der Waals surface area (Å²) in [6, 6.07) is 4.18. The zero-order chi connectivity index (χ0) is 15.4. The number of ether oxygens (including phenoxy) is 1. The topological polar surface area (TPSA) is 120 Å². The van der Waals surface area contributed by atoms with Gasteiger partial charge in [-0.25, -0.2) is 0 Å². The van der Waals surface area contributed by atoms with Gasteiger partial charge in [0.25, 0.3) is 11.6 Å². The maximum absolute atomic E-state index is 12.1. The summed E-state index contributed by atoms with van der Waals surface area (Å²) in [5.41, 5.74) is 2.41. The van der Waals surface area contributed by atoms with E-state index in [2.05, 4.69) is 10.7 Å². The highest BCUT2D eigenvalue weighted by Crippen LogP contribution is 2.26. The first-order chi connectivity index (χ1) is 10.0. The molecular formula is C13H18N4O4. The standard InChI is InChI=1S/C13H18N4O4/c1-2-21-10-6-9(7-10)15-13(18)8-3-4-11(16-14)12(5-8)17(19)20/h3-5,9-10,16H,2,6-7,14H2,1H3,(H,15,18). The number of nitro groups is 1. The normalized spacial score (nSPS) is 20.5. The number of hydrazine groups is 1. The predicted octanol–water partition coefficient (Wildman–Crippen LogP) is 1.18. The lowest BCUT2D eigenvalue weighted by Gasteiger charge is -2.35. The molecule has 0 heterocycles. The number of nitrogens with two attached hydrogens (primary N) is 1. The van der Waals surface area contributed by atoms with E-state index in [4.69, 9.17) is 10.6 Å². The third-order valence-electron chi connectivity index (χ3n) is 3.44. The van der Waals surface area contributed by atoms with Crippen molar-refractivity contribution in [3.63, 3.8) is 0 Å². The summed E-state index contributed by atoms with van der Waals surface area (Å²) in [7, 11) is 0. The Bertz CT molecular complexity index is 543. The van der Waals surface area contributed by atoms with Crippen LogP contribution in [0.1, 0.15) is 30.1 Å². The van der Waals surface area contributed by atoms with Crippen molar-refractivity contribution in [2.75, 3.05) is 12.0 Å². The molecule has 0 bridgehead atoms. The Kier molecular flexibility index (Phi) is 4.71. The molecule has 1 aliphatic carbocycles. The van der Waals surface area contributed by atoms with Crippen molar-refractivity contribution in [2.45, 2.75) is 31.9 Å². The molecule has 0 saturated heterocycles. The minimum absolute atomic E-state index is 0.0559. The molecule has 114 valence electrons. The van der Waals surface area contributed by atoms with Gasteiger partial charge in [0.1, 0.15) is 5.69 Å². The van der Waals surface area contributed by atoms with Crippen LogP contribution in [0.25, 0.3) is 0 Å². The number of nitro benzene ring substituents is 1. The lowest BCUT2D eigenvalue weighted by atomic mass is 9.89. The summed E-state index contributed by atoms with van der Waals surface area (Å²) in [4.78, 5) is 22.4. The van der Waals surface area contributed by atoms with Crippen molar-refractivity contribution in [1.82, 2.24) is 5.32 Å². The van der Waals surface area contributed by atoms with Gasteiger partial charge in [-0.3, -0.25) is 20.8 Å². The number of anilines is 1. The second-order valence-corrected chi connectivity index (χ2v) is 4.85. The number of carbonyl (C=O) groups is 1. The molecular weight excluding hydrogens is 276 g/mol. The summed E-state index contributed by atoms with van der Waals surface area (Å²) in [6.45, 7) is 2.59. The van der Waals surface area contributed by atoms with Gasteiger partial charge in [0.15, 0.2) is 0 Å². The van der Waals surface area contributed by atoms with Crippen LogP contribution < -0.4 is 16.6 Å². The number of rotatable bonds is 6. The molecule has 0 spiro atoms. The molecule has 0 unspecified atom stereocenters. The minimum Gasteiger partial charge on any atom is -0.378 e. The number of nitrogen functional groups attached to an aromatic ring is 1. The third kappa shape index (κ3) is 3.47. The first-order valence-electron chi connectivity index (χ1n) is 6.72. The Hall–Kier alpha value is -2.19. The third-order valence-corrected chi connectivity index (χ3v) is 3.44. The van der Waals surface area contributed by atoms with Gasteiger partial charge in [-0.15, -0.1) is 0 Å². The molecule has 1 fully saturated rings. The zero-order valence-corrected chi connectivity index (χ0v) is 11.7. The molecule has 1 aliphatic rings. The smallest absolute Gasteiger partial charge is 0.294 e. The molecule has 8 nitrogen and oxygen atoms in total. The van der Waals surface area contributed by atoms with E-state index in [-0.39, 0.29) is 35.0 Å². The molecule has 1 aromatic rings. The second kappa shape index (κ2) is 6.51. The predicted molar refractivity (Wildman–Crippen MR) is 76.8 cm³/mol. The number of nitrogens with one attached hydrogen (secondary N) is 2. The van der Waals surface area contributed by atoms with Crippen LogP contribution in [0.15, 0.2) is 18.2 Å².